The molecule has 1 saturated heterocycles. The van der Waals surface area contributed by atoms with Crippen LogP contribution in [0.2, 0.25) is 0 Å². The largest absolute Gasteiger partial charge is 0.476 e. The van der Waals surface area contributed by atoms with Crippen molar-refractivity contribution in [2.75, 3.05) is 37.1 Å². The predicted octanol–water partition coefficient (Wildman–Crippen LogP) is 3.72. The second kappa shape index (κ2) is 15.0. The van der Waals surface area contributed by atoms with E-state index in [0.717, 1.165) is 11.8 Å². The zero-order valence-electron chi connectivity index (χ0n) is 25.1. The van der Waals surface area contributed by atoms with Gasteiger partial charge in [-0.1, -0.05) is 30.3 Å². The highest BCUT2D eigenvalue weighted by Gasteiger charge is 2.38. The topological polar surface area (TPSA) is 153 Å². The molecule has 1 aliphatic carbocycles. The lowest BCUT2D eigenvalue weighted by Crippen LogP contribution is -2.49. The quantitative estimate of drug-likeness (QED) is 0.266. The fourth-order valence-corrected chi connectivity index (χ4v) is 5.02. The van der Waals surface area contributed by atoms with Crippen molar-refractivity contribution in [3.05, 3.63) is 60.0 Å². The van der Waals surface area contributed by atoms with E-state index in [9.17, 15) is 22.8 Å². The molecular weight excluding hydrogens is 609 g/mol. The molecule has 5 rings (SSSR count). The molecule has 3 N–H and O–H groups in total. The first-order chi connectivity index (χ1) is 22.2. The first-order valence-electron chi connectivity index (χ1n) is 14.9. The van der Waals surface area contributed by atoms with Crippen LogP contribution in [0.5, 0.6) is 11.8 Å². The SMILES string of the molecule is CNC(=O)CCOc1cnc(N(C(=O)NCc2ccccc2)C2CCC(Nc3ncc(C(F)(F)F)c(OC4COC4)n3)CC2)cn1. The van der Waals surface area contributed by atoms with Gasteiger partial charge in [-0.15, -0.1) is 0 Å². The van der Waals surface area contributed by atoms with Crippen molar-refractivity contribution in [3.8, 4) is 11.8 Å². The Kier molecular flexibility index (Phi) is 10.7. The van der Waals surface area contributed by atoms with Crippen molar-refractivity contribution in [2.45, 2.75) is 63.0 Å². The van der Waals surface area contributed by atoms with E-state index in [2.05, 4.69) is 35.9 Å². The number of ether oxygens (including phenoxy) is 3. The number of urea groups is 1. The maximum Gasteiger partial charge on any atom is 0.423 e. The molecule has 46 heavy (non-hydrogen) atoms. The minimum absolute atomic E-state index is 0.0297. The van der Waals surface area contributed by atoms with Crippen molar-refractivity contribution < 1.29 is 37.0 Å². The van der Waals surface area contributed by atoms with Crippen LogP contribution in [0.4, 0.5) is 29.7 Å². The summed E-state index contributed by atoms with van der Waals surface area (Å²) in [5.41, 5.74) is -0.116. The Hall–Kier alpha value is -4.73. The summed E-state index contributed by atoms with van der Waals surface area (Å²) in [4.78, 5) is 43.2. The molecule has 13 nitrogen and oxygen atoms in total. The third-order valence-corrected chi connectivity index (χ3v) is 7.56. The van der Waals surface area contributed by atoms with Crippen molar-refractivity contribution in [1.29, 1.82) is 0 Å². The molecule has 0 radical (unpaired) electrons. The summed E-state index contributed by atoms with van der Waals surface area (Å²) >= 11 is 0. The van der Waals surface area contributed by atoms with Gasteiger partial charge in [0.05, 0.1) is 38.6 Å². The Labute approximate surface area is 263 Å². The summed E-state index contributed by atoms with van der Waals surface area (Å²) in [7, 11) is 1.54. The van der Waals surface area contributed by atoms with Crippen LogP contribution in [-0.4, -0.2) is 76.9 Å². The van der Waals surface area contributed by atoms with Gasteiger partial charge in [-0.05, 0) is 31.2 Å². The molecule has 1 aromatic carbocycles. The molecule has 0 unspecified atom stereocenters. The lowest BCUT2D eigenvalue weighted by atomic mass is 9.90. The van der Waals surface area contributed by atoms with Gasteiger partial charge in [0.1, 0.15) is 11.7 Å². The number of alkyl halides is 3. The van der Waals surface area contributed by atoms with E-state index in [-0.39, 0.29) is 62.1 Å². The molecule has 2 aromatic heterocycles. The third-order valence-electron chi connectivity index (χ3n) is 7.56. The molecule has 3 heterocycles. The summed E-state index contributed by atoms with van der Waals surface area (Å²) in [5.74, 6) is -0.128. The molecule has 3 amide bonds. The Morgan fingerprint density at radius 2 is 1.78 bits per heavy atom. The van der Waals surface area contributed by atoms with E-state index >= 15 is 0 Å². The van der Waals surface area contributed by atoms with E-state index in [4.69, 9.17) is 14.2 Å². The number of hydrogen-bond acceptors (Lipinski definition) is 10. The smallest absolute Gasteiger partial charge is 0.423 e. The highest BCUT2D eigenvalue weighted by Crippen LogP contribution is 2.36. The second-order valence-corrected chi connectivity index (χ2v) is 10.8. The van der Waals surface area contributed by atoms with Crippen LogP contribution in [-0.2, 0) is 22.3 Å². The maximum absolute atomic E-state index is 13.5. The number of carbonyl (C=O) groups excluding carboxylic acids is 2. The lowest BCUT2D eigenvalue weighted by Gasteiger charge is -2.36. The van der Waals surface area contributed by atoms with Crippen molar-refractivity contribution >= 4 is 23.7 Å². The van der Waals surface area contributed by atoms with Gasteiger partial charge < -0.3 is 30.2 Å². The van der Waals surface area contributed by atoms with E-state index in [1.54, 1.807) is 4.90 Å². The summed E-state index contributed by atoms with van der Waals surface area (Å²) in [6.45, 7) is 0.823. The number of rotatable bonds is 12. The summed E-state index contributed by atoms with van der Waals surface area (Å²) in [6.07, 6.45) is 0.859. The van der Waals surface area contributed by atoms with Gasteiger partial charge in [-0.2, -0.15) is 18.2 Å². The molecule has 3 aromatic rings. The highest BCUT2D eigenvalue weighted by molar-refractivity contribution is 5.91. The van der Waals surface area contributed by atoms with Gasteiger partial charge in [0.15, 0.2) is 5.82 Å². The summed E-state index contributed by atoms with van der Waals surface area (Å²) in [6, 6.07) is 8.75. The van der Waals surface area contributed by atoms with Gasteiger partial charge in [0, 0.05) is 31.9 Å². The van der Waals surface area contributed by atoms with Crippen molar-refractivity contribution in [1.82, 2.24) is 30.6 Å². The number of benzene rings is 1. The molecule has 0 bridgehead atoms. The number of carbonyl (C=O) groups is 2. The molecule has 1 saturated carbocycles. The summed E-state index contributed by atoms with van der Waals surface area (Å²) < 4.78 is 56.5. The molecule has 0 spiro atoms. The Morgan fingerprint density at radius 3 is 2.41 bits per heavy atom. The zero-order chi connectivity index (χ0) is 32.5. The molecule has 16 heteroatoms. The van der Waals surface area contributed by atoms with E-state index in [1.807, 2.05) is 30.3 Å². The average molecular weight is 645 g/mol. The fraction of sp³-hybridized carbons (Fsp3) is 0.467. The minimum Gasteiger partial charge on any atom is -0.476 e. The van der Waals surface area contributed by atoms with Crippen molar-refractivity contribution in [3.63, 3.8) is 0 Å². The van der Waals surface area contributed by atoms with Gasteiger partial charge in [-0.25, -0.2) is 19.7 Å². The van der Waals surface area contributed by atoms with E-state index in [0.29, 0.717) is 38.0 Å². The van der Waals surface area contributed by atoms with Crippen LogP contribution >= 0.6 is 0 Å². The second-order valence-electron chi connectivity index (χ2n) is 10.8. The number of hydrogen-bond donors (Lipinski definition) is 3. The van der Waals surface area contributed by atoms with Gasteiger partial charge >= 0.3 is 12.2 Å². The molecule has 0 atom stereocenters. The predicted molar refractivity (Wildman–Crippen MR) is 159 cm³/mol. The van der Waals surface area contributed by atoms with Crippen LogP contribution < -0.4 is 30.3 Å². The lowest BCUT2D eigenvalue weighted by molar-refractivity contribution is -0.142. The summed E-state index contributed by atoms with van der Waals surface area (Å²) in [5, 5.41) is 8.60. The number of halogens is 3. The first-order valence-corrected chi connectivity index (χ1v) is 14.9. The number of amides is 3. The average Bonchev–Trinajstić information content (AvgIpc) is 3.03. The minimum atomic E-state index is -4.67. The van der Waals surface area contributed by atoms with Crippen LogP contribution in [0.15, 0.2) is 48.9 Å². The van der Waals surface area contributed by atoms with Crippen molar-refractivity contribution in [2.24, 2.45) is 0 Å². The van der Waals surface area contributed by atoms with Crippen LogP contribution in [0.1, 0.15) is 43.2 Å². The molecule has 1 aliphatic heterocycles. The van der Waals surface area contributed by atoms with E-state index in [1.165, 1.54) is 19.4 Å². The monoisotopic (exact) mass is 644 g/mol. The molecule has 2 aliphatic rings. The number of nitrogens with zero attached hydrogens (tertiary/aromatic N) is 5. The Balaban J connectivity index is 1.24. The van der Waals surface area contributed by atoms with Gasteiger partial charge in [0.2, 0.25) is 23.6 Å². The van der Waals surface area contributed by atoms with E-state index < -0.39 is 23.7 Å². The van der Waals surface area contributed by atoms with Crippen LogP contribution in [0, 0.1) is 0 Å². The van der Waals surface area contributed by atoms with Gasteiger partial charge in [-0.3, -0.25) is 9.69 Å². The van der Waals surface area contributed by atoms with Crippen LogP contribution in [0.25, 0.3) is 0 Å². The zero-order valence-corrected chi connectivity index (χ0v) is 25.1. The van der Waals surface area contributed by atoms with Gasteiger partial charge in [0.25, 0.3) is 0 Å². The highest BCUT2D eigenvalue weighted by atomic mass is 19.4. The Bertz CT molecular complexity index is 1450. The normalized spacial score (nSPS) is 18.2. The first kappa shape index (κ1) is 32.7. The number of anilines is 2. The number of nitrogens with one attached hydrogen (secondary N) is 3. The molecular formula is C30H35F3N8O5. The molecule has 246 valence electrons. The van der Waals surface area contributed by atoms with Crippen LogP contribution in [0.3, 0.4) is 0 Å². The number of aromatic nitrogens is 4. The fourth-order valence-electron chi connectivity index (χ4n) is 5.02. The molecule has 2 fully saturated rings. The Morgan fingerprint density at radius 1 is 1.02 bits per heavy atom. The standard InChI is InChI=1S/C30H35F3N8O5/c1-34-25(42)11-12-45-26-16-35-24(15-36-26)41(29(43)38-13-19-5-3-2-4-6-19)21-9-7-20(8-10-21)39-28-37-14-23(30(31,32)33)27(40-28)46-22-17-44-18-22/h2-6,14-16,20-22H,7-13,17-18H2,1H3,(H,34,42)(H,38,43)(H,37,39,40). The maximum atomic E-state index is 13.5. The third kappa shape index (κ3) is 8.71.